The number of nitrogens with zero attached hydrogens (tertiary/aromatic N) is 3. The van der Waals surface area contributed by atoms with Crippen molar-refractivity contribution >= 4 is 26.8 Å². The third-order valence-corrected chi connectivity index (χ3v) is 9.32. The van der Waals surface area contributed by atoms with E-state index in [9.17, 15) is 27.2 Å². The summed E-state index contributed by atoms with van der Waals surface area (Å²) in [7, 11) is -3.84. The lowest BCUT2D eigenvalue weighted by atomic mass is 9.97. The molecule has 36 heavy (non-hydrogen) atoms. The first-order valence-electron chi connectivity index (χ1n) is 12.4. The van der Waals surface area contributed by atoms with Gasteiger partial charge in [-0.05, 0) is 76.5 Å². The van der Waals surface area contributed by atoms with Gasteiger partial charge in [-0.25, -0.2) is 22.3 Å². The zero-order valence-electron chi connectivity index (χ0n) is 20.5. The Morgan fingerprint density at radius 2 is 1.92 bits per heavy atom. The quantitative estimate of drug-likeness (QED) is 0.566. The van der Waals surface area contributed by atoms with Crippen LogP contribution in [0.2, 0.25) is 0 Å². The molecular formula is C25H31FN4O5S. The minimum absolute atomic E-state index is 0.0151. The van der Waals surface area contributed by atoms with Crippen LogP contribution in [0, 0.1) is 5.92 Å². The second-order valence-corrected chi connectivity index (χ2v) is 12.5. The Morgan fingerprint density at radius 1 is 1.22 bits per heavy atom. The van der Waals surface area contributed by atoms with E-state index in [2.05, 4.69) is 11.3 Å². The molecule has 11 heteroatoms. The van der Waals surface area contributed by atoms with Crippen LogP contribution >= 0.6 is 0 Å². The summed E-state index contributed by atoms with van der Waals surface area (Å²) in [6.07, 6.45) is 4.08. The van der Waals surface area contributed by atoms with E-state index < -0.39 is 50.6 Å². The maximum atomic E-state index is 13.7. The summed E-state index contributed by atoms with van der Waals surface area (Å²) in [6.45, 7) is 7.29. The zero-order chi connectivity index (χ0) is 26.0. The highest BCUT2D eigenvalue weighted by molar-refractivity contribution is 7.89. The van der Waals surface area contributed by atoms with Gasteiger partial charge in [0.15, 0.2) is 5.83 Å². The first-order valence-corrected chi connectivity index (χ1v) is 13.9. The molecule has 5 rings (SSSR count). The lowest BCUT2D eigenvalue weighted by molar-refractivity contribution is -0.132. The van der Waals surface area contributed by atoms with Gasteiger partial charge in [0.1, 0.15) is 0 Å². The molecule has 2 heterocycles. The van der Waals surface area contributed by atoms with Gasteiger partial charge in [0, 0.05) is 30.7 Å². The first kappa shape index (κ1) is 24.9. The molecule has 0 radical (unpaired) electrons. The van der Waals surface area contributed by atoms with Crippen LogP contribution < -0.4 is 16.0 Å². The summed E-state index contributed by atoms with van der Waals surface area (Å²) in [5, 5.41) is 0.169. The van der Waals surface area contributed by atoms with Crippen molar-refractivity contribution in [3.63, 3.8) is 0 Å². The van der Waals surface area contributed by atoms with Crippen LogP contribution in [0.3, 0.4) is 0 Å². The lowest BCUT2D eigenvalue weighted by Gasteiger charge is -2.37. The number of likely N-dealkylation sites (tertiary alicyclic amines) is 1. The highest BCUT2D eigenvalue weighted by atomic mass is 32.2. The van der Waals surface area contributed by atoms with Crippen LogP contribution in [0.4, 0.5) is 4.39 Å². The number of sulfonamides is 1. The number of hydrogen-bond donors (Lipinski definition) is 1. The smallest absolute Gasteiger partial charge is 0.331 e. The highest BCUT2D eigenvalue weighted by Gasteiger charge is 2.41. The molecule has 1 aromatic carbocycles. The number of amides is 1. The van der Waals surface area contributed by atoms with Gasteiger partial charge < -0.3 is 4.90 Å². The van der Waals surface area contributed by atoms with Gasteiger partial charge in [0.25, 0.3) is 11.5 Å². The van der Waals surface area contributed by atoms with Gasteiger partial charge in [0.2, 0.25) is 10.0 Å². The molecule has 0 bridgehead atoms. The molecule has 1 amide bonds. The van der Waals surface area contributed by atoms with E-state index in [1.165, 1.54) is 21.6 Å². The molecule has 1 saturated heterocycles. The Kier molecular flexibility index (Phi) is 5.98. The van der Waals surface area contributed by atoms with Crippen molar-refractivity contribution in [2.45, 2.75) is 81.4 Å². The van der Waals surface area contributed by atoms with E-state index in [1.807, 2.05) is 6.92 Å². The van der Waals surface area contributed by atoms with E-state index in [-0.39, 0.29) is 16.8 Å². The average molecular weight is 519 g/mol. The average Bonchev–Trinajstić information content (AvgIpc) is 3.74. The third-order valence-electron chi connectivity index (χ3n) is 7.68. The Bertz CT molecular complexity index is 1490. The molecule has 3 fully saturated rings. The minimum atomic E-state index is -3.84. The van der Waals surface area contributed by atoms with Crippen LogP contribution in [0.25, 0.3) is 10.9 Å². The Labute approximate surface area is 208 Å². The van der Waals surface area contributed by atoms with E-state index >= 15 is 0 Å². The van der Waals surface area contributed by atoms with Gasteiger partial charge in [-0.1, -0.05) is 6.58 Å². The van der Waals surface area contributed by atoms with E-state index in [0.717, 1.165) is 25.7 Å². The maximum absolute atomic E-state index is 13.7. The third kappa shape index (κ3) is 4.54. The van der Waals surface area contributed by atoms with Crippen molar-refractivity contribution in [3.05, 3.63) is 51.4 Å². The van der Waals surface area contributed by atoms with Crippen LogP contribution in [-0.2, 0) is 21.4 Å². The molecule has 2 atom stereocenters. The number of nitrogens with one attached hydrogen (secondary N) is 1. The largest absolute Gasteiger partial charge is 0.334 e. The minimum Gasteiger partial charge on any atom is -0.334 e. The molecular weight excluding hydrogens is 487 g/mol. The molecule has 1 aliphatic heterocycles. The first-order chi connectivity index (χ1) is 16.9. The Hall–Kier alpha value is -2.79. The number of halogens is 1. The summed E-state index contributed by atoms with van der Waals surface area (Å²) in [4.78, 5) is 40.8. The van der Waals surface area contributed by atoms with E-state index in [1.54, 1.807) is 17.6 Å². The predicted octanol–water partition coefficient (Wildman–Crippen LogP) is 2.44. The van der Waals surface area contributed by atoms with Gasteiger partial charge in [0.05, 0.1) is 15.8 Å². The fourth-order valence-corrected chi connectivity index (χ4v) is 6.60. The fourth-order valence-electron chi connectivity index (χ4n) is 5.11. The van der Waals surface area contributed by atoms with E-state index in [4.69, 9.17) is 0 Å². The molecule has 1 N–H and O–H groups in total. The number of carbonyl (C=O) groups is 1. The summed E-state index contributed by atoms with van der Waals surface area (Å²) < 4.78 is 44.9. The van der Waals surface area contributed by atoms with Crippen molar-refractivity contribution in [1.82, 2.24) is 18.8 Å². The number of rotatable bonds is 7. The topological polar surface area (TPSA) is 110 Å². The van der Waals surface area contributed by atoms with Gasteiger partial charge in [-0.2, -0.15) is 0 Å². The van der Waals surface area contributed by atoms with Crippen LogP contribution in [0.15, 0.2) is 45.1 Å². The fraction of sp³-hybridized carbons (Fsp3) is 0.560. The zero-order valence-corrected chi connectivity index (χ0v) is 21.3. The molecule has 2 saturated carbocycles. The number of aromatic nitrogens is 2. The van der Waals surface area contributed by atoms with Gasteiger partial charge in [-0.3, -0.25) is 18.7 Å². The van der Waals surface area contributed by atoms with Crippen molar-refractivity contribution in [3.8, 4) is 0 Å². The number of benzene rings is 1. The van der Waals surface area contributed by atoms with Crippen molar-refractivity contribution in [2.24, 2.45) is 5.92 Å². The summed E-state index contributed by atoms with van der Waals surface area (Å²) in [5.74, 6) is -1.49. The molecule has 1 aromatic heterocycles. The van der Waals surface area contributed by atoms with Crippen LogP contribution in [0.5, 0.6) is 0 Å². The summed E-state index contributed by atoms with van der Waals surface area (Å²) in [5.41, 5.74) is -1.04. The monoisotopic (exact) mass is 518 g/mol. The summed E-state index contributed by atoms with van der Waals surface area (Å²) >= 11 is 0. The molecule has 0 spiro atoms. The van der Waals surface area contributed by atoms with Crippen molar-refractivity contribution in [2.75, 3.05) is 6.54 Å². The van der Waals surface area contributed by atoms with E-state index in [0.29, 0.717) is 30.8 Å². The molecule has 3 aliphatic rings. The SMILES string of the molecule is C=C(F)C(=O)N1CCC(n2c(=O)c3cc(S(=O)(=O)NC4(C)CC4)ccc3n(CC3CC3)c2=O)CC1C. The lowest BCUT2D eigenvalue weighted by Crippen LogP contribution is -2.50. The second-order valence-electron chi connectivity index (χ2n) is 10.8. The Balaban J connectivity index is 1.59. The second kappa shape index (κ2) is 8.65. The Morgan fingerprint density at radius 3 is 2.50 bits per heavy atom. The molecule has 9 nitrogen and oxygen atoms in total. The van der Waals surface area contributed by atoms with Crippen LogP contribution in [-0.4, -0.2) is 46.5 Å². The summed E-state index contributed by atoms with van der Waals surface area (Å²) in [6, 6.07) is 3.44. The van der Waals surface area contributed by atoms with Crippen molar-refractivity contribution in [1.29, 1.82) is 0 Å². The molecule has 2 unspecified atom stereocenters. The number of hydrogen-bond acceptors (Lipinski definition) is 5. The number of fused-ring (bicyclic) bond motifs is 1. The highest BCUT2D eigenvalue weighted by Crippen LogP contribution is 2.36. The normalized spacial score (nSPS) is 23.6. The number of piperidine rings is 1. The van der Waals surface area contributed by atoms with Crippen LogP contribution in [0.1, 0.15) is 58.4 Å². The molecule has 194 valence electrons. The van der Waals surface area contributed by atoms with Crippen molar-refractivity contribution < 1.29 is 17.6 Å². The van der Waals surface area contributed by atoms with Gasteiger partial charge >= 0.3 is 5.69 Å². The van der Waals surface area contributed by atoms with Gasteiger partial charge in [-0.15, -0.1) is 0 Å². The predicted molar refractivity (Wildman–Crippen MR) is 133 cm³/mol. The standard InChI is InChI=1S/C25H31FN4O5S/c1-15-12-18(8-11-28(15)22(31)16(2)26)30-23(32)20-13-19(36(34,35)27-25(3)9-10-25)6-7-21(20)29(24(30)33)14-17-4-5-17/h6-7,13,15,17-18,27H,2,4-5,8-12,14H2,1,3H3. The molecule has 2 aliphatic carbocycles. The maximum Gasteiger partial charge on any atom is 0.331 e. The molecule has 2 aromatic rings. The number of carbonyl (C=O) groups excluding carboxylic acids is 1.